The Morgan fingerprint density at radius 3 is 2.30 bits per heavy atom. The van der Waals surface area contributed by atoms with Crippen molar-refractivity contribution in [2.45, 2.75) is 32.9 Å². The summed E-state index contributed by atoms with van der Waals surface area (Å²) in [6.45, 7) is 6.95. The SMILES string of the molecule is CC(C)(C)Nc1ccc(CNc2ccc(F)cc2)cn1. The second-order valence-electron chi connectivity index (χ2n) is 5.79. The highest BCUT2D eigenvalue weighted by Crippen LogP contribution is 2.14. The van der Waals surface area contributed by atoms with Gasteiger partial charge in [0.25, 0.3) is 0 Å². The van der Waals surface area contributed by atoms with Crippen LogP contribution in [0.3, 0.4) is 0 Å². The van der Waals surface area contributed by atoms with Crippen molar-refractivity contribution < 1.29 is 4.39 Å². The highest BCUT2D eigenvalue weighted by atomic mass is 19.1. The summed E-state index contributed by atoms with van der Waals surface area (Å²) >= 11 is 0. The summed E-state index contributed by atoms with van der Waals surface area (Å²) in [5.74, 6) is 0.637. The molecule has 0 amide bonds. The molecule has 0 atom stereocenters. The molecule has 4 heteroatoms. The van der Waals surface area contributed by atoms with E-state index >= 15 is 0 Å². The molecule has 1 heterocycles. The molecule has 0 saturated heterocycles. The van der Waals surface area contributed by atoms with Crippen molar-refractivity contribution in [1.29, 1.82) is 0 Å². The lowest BCUT2D eigenvalue weighted by Crippen LogP contribution is -2.26. The number of aromatic nitrogens is 1. The third kappa shape index (κ3) is 4.53. The van der Waals surface area contributed by atoms with Crippen molar-refractivity contribution >= 4 is 11.5 Å². The number of nitrogens with zero attached hydrogens (tertiary/aromatic N) is 1. The number of rotatable bonds is 4. The van der Waals surface area contributed by atoms with Crippen molar-refractivity contribution in [3.05, 3.63) is 54.0 Å². The first-order valence-electron chi connectivity index (χ1n) is 6.65. The first-order valence-corrected chi connectivity index (χ1v) is 6.65. The quantitative estimate of drug-likeness (QED) is 0.882. The van der Waals surface area contributed by atoms with Gasteiger partial charge in [0, 0.05) is 24.0 Å². The first-order chi connectivity index (χ1) is 9.42. The number of hydrogen-bond acceptors (Lipinski definition) is 3. The molecule has 3 nitrogen and oxygen atoms in total. The van der Waals surface area contributed by atoms with Crippen LogP contribution in [0.1, 0.15) is 26.3 Å². The minimum Gasteiger partial charge on any atom is -0.381 e. The summed E-state index contributed by atoms with van der Waals surface area (Å²) in [6, 6.07) is 10.3. The average Bonchev–Trinajstić information content (AvgIpc) is 2.38. The second kappa shape index (κ2) is 5.90. The van der Waals surface area contributed by atoms with Crippen LogP contribution in [0.15, 0.2) is 42.6 Å². The van der Waals surface area contributed by atoms with E-state index in [0.29, 0.717) is 6.54 Å². The summed E-state index contributed by atoms with van der Waals surface area (Å²) in [6.07, 6.45) is 1.84. The number of pyridine rings is 1. The van der Waals surface area contributed by atoms with Crippen LogP contribution in [0.25, 0.3) is 0 Å². The summed E-state index contributed by atoms with van der Waals surface area (Å²) in [5, 5.41) is 6.54. The molecule has 0 aliphatic carbocycles. The molecule has 0 fully saturated rings. The van der Waals surface area contributed by atoms with Crippen LogP contribution >= 0.6 is 0 Å². The largest absolute Gasteiger partial charge is 0.381 e. The number of benzene rings is 1. The Balaban J connectivity index is 1.92. The van der Waals surface area contributed by atoms with Crippen LogP contribution < -0.4 is 10.6 Å². The van der Waals surface area contributed by atoms with Crippen LogP contribution in [-0.2, 0) is 6.54 Å². The lowest BCUT2D eigenvalue weighted by Gasteiger charge is -2.21. The van der Waals surface area contributed by atoms with Crippen LogP contribution in [0.4, 0.5) is 15.9 Å². The fourth-order valence-electron chi connectivity index (χ4n) is 1.76. The van der Waals surface area contributed by atoms with Gasteiger partial charge in [-0.15, -0.1) is 0 Å². The fraction of sp³-hybridized carbons (Fsp3) is 0.312. The smallest absolute Gasteiger partial charge is 0.126 e. The van der Waals surface area contributed by atoms with Crippen LogP contribution in [0.2, 0.25) is 0 Å². The normalized spacial score (nSPS) is 11.2. The number of hydrogen-bond donors (Lipinski definition) is 2. The molecule has 1 aromatic heterocycles. The van der Waals surface area contributed by atoms with Gasteiger partial charge in [-0.3, -0.25) is 0 Å². The van der Waals surface area contributed by atoms with E-state index in [0.717, 1.165) is 17.1 Å². The summed E-state index contributed by atoms with van der Waals surface area (Å²) in [4.78, 5) is 4.38. The van der Waals surface area contributed by atoms with Gasteiger partial charge in [0.05, 0.1) is 0 Å². The van der Waals surface area contributed by atoms with Crippen molar-refractivity contribution in [3.63, 3.8) is 0 Å². The number of anilines is 2. The maximum absolute atomic E-state index is 12.8. The molecular weight excluding hydrogens is 253 g/mol. The molecule has 0 radical (unpaired) electrons. The van der Waals surface area contributed by atoms with E-state index in [-0.39, 0.29) is 11.4 Å². The lowest BCUT2D eigenvalue weighted by atomic mass is 10.1. The van der Waals surface area contributed by atoms with Gasteiger partial charge in [-0.2, -0.15) is 0 Å². The van der Waals surface area contributed by atoms with Gasteiger partial charge in [-0.1, -0.05) is 6.07 Å². The summed E-state index contributed by atoms with van der Waals surface area (Å²) in [5.41, 5.74) is 1.97. The van der Waals surface area contributed by atoms with E-state index in [9.17, 15) is 4.39 Å². The summed E-state index contributed by atoms with van der Waals surface area (Å²) in [7, 11) is 0. The molecule has 20 heavy (non-hydrogen) atoms. The maximum atomic E-state index is 12.8. The highest BCUT2D eigenvalue weighted by molar-refractivity contribution is 5.44. The van der Waals surface area contributed by atoms with E-state index in [1.807, 2.05) is 18.3 Å². The molecule has 106 valence electrons. The average molecular weight is 273 g/mol. The molecule has 2 N–H and O–H groups in total. The molecule has 0 unspecified atom stereocenters. The van der Waals surface area contributed by atoms with Crippen molar-refractivity contribution in [3.8, 4) is 0 Å². The van der Waals surface area contributed by atoms with Crippen molar-refractivity contribution in [2.75, 3.05) is 10.6 Å². The fourth-order valence-corrected chi connectivity index (χ4v) is 1.76. The van der Waals surface area contributed by atoms with E-state index in [4.69, 9.17) is 0 Å². The van der Waals surface area contributed by atoms with Gasteiger partial charge < -0.3 is 10.6 Å². The van der Waals surface area contributed by atoms with E-state index in [1.54, 1.807) is 12.1 Å². The third-order valence-corrected chi connectivity index (χ3v) is 2.67. The zero-order valence-corrected chi connectivity index (χ0v) is 12.1. The minimum absolute atomic E-state index is 0.000871. The second-order valence-corrected chi connectivity index (χ2v) is 5.79. The van der Waals surface area contributed by atoms with Gasteiger partial charge in [-0.25, -0.2) is 9.37 Å². The third-order valence-electron chi connectivity index (χ3n) is 2.67. The lowest BCUT2D eigenvalue weighted by molar-refractivity contribution is 0.628. The molecule has 2 rings (SSSR count). The monoisotopic (exact) mass is 273 g/mol. The molecule has 0 bridgehead atoms. The Hall–Kier alpha value is -2.10. The molecule has 0 aliphatic rings. The van der Waals surface area contributed by atoms with Gasteiger partial charge in [0.15, 0.2) is 0 Å². The topological polar surface area (TPSA) is 37.0 Å². The minimum atomic E-state index is -0.227. The maximum Gasteiger partial charge on any atom is 0.126 e. The van der Waals surface area contributed by atoms with E-state index in [2.05, 4.69) is 36.4 Å². The molecule has 1 aromatic carbocycles. The van der Waals surface area contributed by atoms with Crippen molar-refractivity contribution in [1.82, 2.24) is 4.98 Å². The number of halogens is 1. The molecule has 0 spiro atoms. The predicted molar refractivity (Wildman–Crippen MR) is 81.3 cm³/mol. The van der Waals surface area contributed by atoms with Gasteiger partial charge in [0.2, 0.25) is 0 Å². The van der Waals surface area contributed by atoms with E-state index < -0.39 is 0 Å². The van der Waals surface area contributed by atoms with Gasteiger partial charge in [0.1, 0.15) is 11.6 Å². The molecule has 0 saturated carbocycles. The predicted octanol–water partition coefficient (Wildman–Crippen LogP) is 4.04. The molecule has 2 aromatic rings. The Morgan fingerprint density at radius 2 is 1.75 bits per heavy atom. The Morgan fingerprint density at radius 1 is 1.05 bits per heavy atom. The first kappa shape index (κ1) is 14.3. The Bertz CT molecular complexity index is 541. The van der Waals surface area contributed by atoms with Gasteiger partial charge >= 0.3 is 0 Å². The summed E-state index contributed by atoms with van der Waals surface area (Å²) < 4.78 is 12.8. The highest BCUT2D eigenvalue weighted by Gasteiger charge is 2.09. The van der Waals surface area contributed by atoms with Crippen LogP contribution in [0.5, 0.6) is 0 Å². The zero-order chi connectivity index (χ0) is 14.6. The molecule has 0 aliphatic heterocycles. The zero-order valence-electron chi connectivity index (χ0n) is 12.1. The Labute approximate surface area is 119 Å². The van der Waals surface area contributed by atoms with Crippen LogP contribution in [0, 0.1) is 5.82 Å². The molecular formula is C16H20FN3. The standard InChI is InChI=1S/C16H20FN3/c1-16(2,3)20-15-9-4-12(11-19-15)10-18-14-7-5-13(17)6-8-14/h4-9,11,18H,10H2,1-3H3,(H,19,20). The van der Waals surface area contributed by atoms with Gasteiger partial charge in [-0.05, 0) is 56.7 Å². The van der Waals surface area contributed by atoms with E-state index in [1.165, 1.54) is 12.1 Å². The van der Waals surface area contributed by atoms with Crippen LogP contribution in [-0.4, -0.2) is 10.5 Å². The number of nitrogens with one attached hydrogen (secondary N) is 2. The van der Waals surface area contributed by atoms with Crippen molar-refractivity contribution in [2.24, 2.45) is 0 Å². The Kier molecular flexibility index (Phi) is 4.23.